The first-order chi connectivity index (χ1) is 11.9. The average Bonchev–Trinajstić information content (AvgIpc) is 3.28. The highest BCUT2D eigenvalue weighted by Crippen LogP contribution is 2.38. The van der Waals surface area contributed by atoms with Gasteiger partial charge in [-0.1, -0.05) is 0 Å². The van der Waals surface area contributed by atoms with Gasteiger partial charge in [0, 0.05) is 27.9 Å². The Bertz CT molecular complexity index is 1070. The molecule has 130 valence electrons. The lowest BCUT2D eigenvalue weighted by Crippen LogP contribution is -2.24. The Morgan fingerprint density at radius 3 is 2.68 bits per heavy atom. The Kier molecular flexibility index (Phi) is 3.68. The molecule has 0 atom stereocenters. The first-order valence-electron chi connectivity index (χ1n) is 8.55. The molecule has 4 rings (SSSR count). The number of carbonyl (C=O) groups is 1. The van der Waals surface area contributed by atoms with Gasteiger partial charge in [-0.05, 0) is 52.2 Å². The summed E-state index contributed by atoms with van der Waals surface area (Å²) < 4.78 is 3.69. The molecule has 6 heteroatoms. The van der Waals surface area contributed by atoms with E-state index in [0.717, 1.165) is 32.2 Å². The van der Waals surface area contributed by atoms with Crippen molar-refractivity contribution in [2.24, 2.45) is 0 Å². The lowest BCUT2D eigenvalue weighted by Gasteiger charge is -2.08. The highest BCUT2D eigenvalue weighted by atomic mass is 32.1. The van der Waals surface area contributed by atoms with Crippen LogP contribution in [0.4, 0.5) is 0 Å². The van der Waals surface area contributed by atoms with Gasteiger partial charge in [-0.3, -0.25) is 14.2 Å². The van der Waals surface area contributed by atoms with Crippen LogP contribution < -0.4 is 5.56 Å². The quantitative estimate of drug-likeness (QED) is 0.670. The summed E-state index contributed by atoms with van der Waals surface area (Å²) in [5.41, 5.74) is 3.68. The summed E-state index contributed by atoms with van der Waals surface area (Å²) in [7, 11) is 0. The van der Waals surface area contributed by atoms with Crippen molar-refractivity contribution in [3.63, 3.8) is 0 Å². The molecule has 3 heterocycles. The Morgan fingerprint density at radius 1 is 1.28 bits per heavy atom. The number of fused-ring (bicyclic) bond motifs is 1. The van der Waals surface area contributed by atoms with Crippen molar-refractivity contribution >= 4 is 27.3 Å². The summed E-state index contributed by atoms with van der Waals surface area (Å²) in [5, 5.41) is 0.640. The first-order valence-corrected chi connectivity index (χ1v) is 9.37. The summed E-state index contributed by atoms with van der Waals surface area (Å²) in [6, 6.07) is 2.49. The molecule has 0 N–H and O–H groups in total. The molecule has 1 fully saturated rings. The molecule has 1 aliphatic carbocycles. The molecule has 0 unspecified atom stereocenters. The van der Waals surface area contributed by atoms with E-state index in [9.17, 15) is 9.59 Å². The molecule has 3 aromatic heterocycles. The second kappa shape index (κ2) is 5.66. The van der Waals surface area contributed by atoms with Crippen LogP contribution in [0, 0.1) is 27.7 Å². The van der Waals surface area contributed by atoms with Gasteiger partial charge in [0.25, 0.3) is 5.56 Å². The van der Waals surface area contributed by atoms with Crippen LogP contribution in [0.2, 0.25) is 0 Å². The van der Waals surface area contributed by atoms with Crippen molar-refractivity contribution in [1.29, 1.82) is 0 Å². The topological polar surface area (TPSA) is 56.9 Å². The number of carbonyl (C=O) groups excluding carboxylic acids is 1. The largest absolute Gasteiger partial charge is 0.345 e. The summed E-state index contributed by atoms with van der Waals surface area (Å²) in [4.78, 5) is 31.8. The molecule has 0 aromatic carbocycles. The Morgan fingerprint density at radius 2 is 2.00 bits per heavy atom. The van der Waals surface area contributed by atoms with Crippen LogP contribution in [0.3, 0.4) is 0 Å². The minimum absolute atomic E-state index is 0.0328. The standard InChI is InChI=1S/C19H21N3O2S/c1-10-7-15(12(3)22(10)14-5-6-14)16(23)8-21-9-20-18-17(19(21)24)11(2)13(4)25-18/h7,9,14H,5-6,8H2,1-4H3. The van der Waals surface area contributed by atoms with E-state index in [1.165, 1.54) is 35.1 Å². The minimum Gasteiger partial charge on any atom is -0.345 e. The van der Waals surface area contributed by atoms with E-state index >= 15 is 0 Å². The number of Topliss-reactive ketones (excluding diaryl/α,β-unsaturated/α-hetero) is 1. The van der Waals surface area contributed by atoms with Crippen molar-refractivity contribution in [3.8, 4) is 0 Å². The molecule has 0 bridgehead atoms. The summed E-state index contributed by atoms with van der Waals surface area (Å²) in [6.45, 7) is 8.00. The van der Waals surface area contributed by atoms with Gasteiger partial charge in [0.05, 0.1) is 18.3 Å². The maximum atomic E-state index is 12.8. The van der Waals surface area contributed by atoms with E-state index in [2.05, 4.69) is 9.55 Å². The molecule has 0 saturated heterocycles. The second-order valence-corrected chi connectivity index (χ2v) is 8.15. The minimum atomic E-state index is -0.129. The summed E-state index contributed by atoms with van der Waals surface area (Å²) >= 11 is 1.52. The smallest absolute Gasteiger partial charge is 0.262 e. The van der Waals surface area contributed by atoms with Crippen molar-refractivity contribution in [3.05, 3.63) is 50.1 Å². The van der Waals surface area contributed by atoms with E-state index in [0.29, 0.717) is 11.4 Å². The third-order valence-corrected chi connectivity index (χ3v) is 6.28. The Balaban J connectivity index is 1.71. The Labute approximate surface area is 149 Å². The molecule has 3 aromatic rings. The van der Waals surface area contributed by atoms with Gasteiger partial charge in [-0.2, -0.15) is 0 Å². The number of ketones is 1. The number of hydrogen-bond acceptors (Lipinski definition) is 4. The van der Waals surface area contributed by atoms with E-state index in [4.69, 9.17) is 0 Å². The zero-order valence-electron chi connectivity index (χ0n) is 14.9. The van der Waals surface area contributed by atoms with Crippen LogP contribution in [0.25, 0.3) is 10.2 Å². The van der Waals surface area contributed by atoms with Crippen molar-refractivity contribution < 1.29 is 4.79 Å². The van der Waals surface area contributed by atoms with E-state index < -0.39 is 0 Å². The number of hydrogen-bond donors (Lipinski definition) is 0. The molecule has 0 amide bonds. The van der Waals surface area contributed by atoms with Crippen LogP contribution in [0.5, 0.6) is 0 Å². The van der Waals surface area contributed by atoms with Gasteiger partial charge in [0.1, 0.15) is 4.83 Å². The Hall–Kier alpha value is -2.21. The van der Waals surface area contributed by atoms with Gasteiger partial charge in [-0.25, -0.2) is 4.98 Å². The number of nitrogens with zero attached hydrogens (tertiary/aromatic N) is 3. The predicted molar refractivity (Wildman–Crippen MR) is 99.9 cm³/mol. The number of thiophene rings is 1. The van der Waals surface area contributed by atoms with Gasteiger partial charge < -0.3 is 4.57 Å². The van der Waals surface area contributed by atoms with Crippen molar-refractivity contribution in [2.45, 2.75) is 53.1 Å². The van der Waals surface area contributed by atoms with Crippen LogP contribution in [-0.4, -0.2) is 19.9 Å². The fraction of sp³-hybridized carbons (Fsp3) is 0.421. The maximum absolute atomic E-state index is 12.8. The molecule has 1 aliphatic rings. The summed E-state index contributed by atoms with van der Waals surface area (Å²) in [5.74, 6) is -0.0344. The maximum Gasteiger partial charge on any atom is 0.262 e. The van der Waals surface area contributed by atoms with E-state index in [1.54, 1.807) is 0 Å². The van der Waals surface area contributed by atoms with Crippen molar-refractivity contribution in [1.82, 2.24) is 14.1 Å². The van der Waals surface area contributed by atoms with Crippen LogP contribution in [0.1, 0.15) is 51.1 Å². The molecular weight excluding hydrogens is 334 g/mol. The molecule has 0 radical (unpaired) electrons. The van der Waals surface area contributed by atoms with Gasteiger partial charge in [0.2, 0.25) is 0 Å². The average molecular weight is 355 g/mol. The number of aromatic nitrogens is 3. The predicted octanol–water partition coefficient (Wildman–Crippen LogP) is 3.71. The monoisotopic (exact) mass is 355 g/mol. The lowest BCUT2D eigenvalue weighted by molar-refractivity contribution is 0.0970. The summed E-state index contributed by atoms with van der Waals surface area (Å²) in [6.07, 6.45) is 3.86. The molecule has 25 heavy (non-hydrogen) atoms. The zero-order valence-corrected chi connectivity index (χ0v) is 15.7. The lowest BCUT2D eigenvalue weighted by atomic mass is 10.1. The normalized spacial score (nSPS) is 14.4. The van der Waals surface area contributed by atoms with Crippen LogP contribution in [-0.2, 0) is 6.54 Å². The SMILES string of the molecule is Cc1sc2ncn(CC(=O)c3cc(C)n(C4CC4)c3C)c(=O)c2c1C. The van der Waals surface area contributed by atoms with Gasteiger partial charge in [-0.15, -0.1) is 11.3 Å². The molecule has 0 spiro atoms. The van der Waals surface area contributed by atoms with E-state index in [1.807, 2.05) is 33.8 Å². The first kappa shape index (κ1) is 16.3. The van der Waals surface area contributed by atoms with Gasteiger partial charge in [0.15, 0.2) is 5.78 Å². The molecular formula is C19H21N3O2S. The van der Waals surface area contributed by atoms with Crippen molar-refractivity contribution in [2.75, 3.05) is 0 Å². The molecule has 1 saturated carbocycles. The second-order valence-electron chi connectivity index (χ2n) is 6.95. The number of rotatable bonds is 4. The molecule has 5 nitrogen and oxygen atoms in total. The molecule has 0 aliphatic heterocycles. The zero-order chi connectivity index (χ0) is 17.9. The highest BCUT2D eigenvalue weighted by Gasteiger charge is 2.28. The number of aryl methyl sites for hydroxylation is 3. The highest BCUT2D eigenvalue weighted by molar-refractivity contribution is 7.18. The third kappa shape index (κ3) is 2.56. The fourth-order valence-corrected chi connectivity index (χ4v) is 4.56. The fourth-order valence-electron chi connectivity index (χ4n) is 3.58. The van der Waals surface area contributed by atoms with Crippen LogP contribution >= 0.6 is 11.3 Å². The van der Waals surface area contributed by atoms with Crippen LogP contribution in [0.15, 0.2) is 17.2 Å². The third-order valence-electron chi connectivity index (χ3n) is 5.17. The van der Waals surface area contributed by atoms with E-state index in [-0.39, 0.29) is 17.9 Å². The van der Waals surface area contributed by atoms with Gasteiger partial charge >= 0.3 is 0 Å².